The van der Waals surface area contributed by atoms with Crippen molar-refractivity contribution in [2.45, 2.75) is 246 Å². The van der Waals surface area contributed by atoms with Crippen LogP contribution < -0.4 is 5.32 Å². The van der Waals surface area contributed by atoms with E-state index < -0.39 is 0 Å². The average Bonchev–Trinajstić information content (AvgIpc) is 3.67. The van der Waals surface area contributed by atoms with E-state index in [0.717, 1.165) is 58.5 Å². The van der Waals surface area contributed by atoms with Crippen molar-refractivity contribution in [2.24, 2.45) is 11.8 Å². The van der Waals surface area contributed by atoms with E-state index in [9.17, 15) is 9.59 Å². The van der Waals surface area contributed by atoms with E-state index >= 15 is 0 Å². The largest absolute Gasteiger partial charge is 0.465 e. The molecule has 0 radical (unpaired) electrons. The number of ether oxygens (including phenoxy) is 1. The lowest BCUT2D eigenvalue weighted by Crippen LogP contribution is -2.37. The van der Waals surface area contributed by atoms with Gasteiger partial charge in [0.2, 0.25) is 0 Å². The van der Waals surface area contributed by atoms with Crippen molar-refractivity contribution in [1.29, 1.82) is 0 Å². The third-order valence-electron chi connectivity index (χ3n) is 12.8. The van der Waals surface area contributed by atoms with Crippen LogP contribution in [-0.4, -0.2) is 80.5 Å². The molecule has 0 amide bonds. The van der Waals surface area contributed by atoms with Crippen LogP contribution in [0.1, 0.15) is 246 Å². The monoisotopic (exact) mass is 804 g/mol. The van der Waals surface area contributed by atoms with Crippen molar-refractivity contribution in [3.8, 4) is 0 Å². The third-order valence-corrected chi connectivity index (χ3v) is 12.8. The van der Waals surface area contributed by atoms with Gasteiger partial charge in [-0.15, -0.1) is 0 Å². The fourth-order valence-corrected chi connectivity index (χ4v) is 8.95. The Morgan fingerprint density at radius 1 is 0.474 bits per heavy atom. The van der Waals surface area contributed by atoms with Crippen LogP contribution in [0.2, 0.25) is 0 Å². The topological polar surface area (TPSA) is 61.9 Å². The van der Waals surface area contributed by atoms with Crippen molar-refractivity contribution < 1.29 is 14.3 Å². The Balaban J connectivity index is 2.37. The average molecular weight is 804 g/mol. The molecule has 0 aliphatic heterocycles. The number of hydrogen-bond donors (Lipinski definition) is 1. The first-order chi connectivity index (χ1) is 28.0. The maximum absolute atomic E-state index is 13.3. The highest BCUT2D eigenvalue weighted by atomic mass is 16.5. The van der Waals surface area contributed by atoms with Gasteiger partial charge in [-0.25, -0.2) is 0 Å². The second-order valence-corrected chi connectivity index (χ2v) is 18.4. The SMILES string of the molecule is CCCCCCCCCNCCN(CCCCCCCCC)CC(=O)CCC1CCC(CCOC(=O)CN(CCCCCCCCC)CCCCCCCCC)C1. The summed E-state index contributed by atoms with van der Waals surface area (Å²) in [6.07, 6.45) is 43.3. The van der Waals surface area contributed by atoms with Crippen LogP contribution in [0, 0.1) is 11.8 Å². The fraction of sp³-hybridized carbons (Fsp3) is 0.961. The molecule has 0 aromatic carbocycles. The van der Waals surface area contributed by atoms with E-state index in [1.54, 1.807) is 0 Å². The Morgan fingerprint density at radius 3 is 1.35 bits per heavy atom. The summed E-state index contributed by atoms with van der Waals surface area (Å²) in [7, 11) is 0. The minimum atomic E-state index is -0.0323. The molecule has 2 atom stereocenters. The number of nitrogens with one attached hydrogen (secondary N) is 1. The summed E-state index contributed by atoms with van der Waals surface area (Å²) in [5.74, 6) is 1.68. The van der Waals surface area contributed by atoms with Gasteiger partial charge in [0.15, 0.2) is 0 Å². The molecule has 1 N–H and O–H groups in total. The highest BCUT2D eigenvalue weighted by molar-refractivity contribution is 5.80. The summed E-state index contributed by atoms with van der Waals surface area (Å²) < 4.78 is 5.85. The molecule has 2 unspecified atom stereocenters. The minimum Gasteiger partial charge on any atom is -0.465 e. The zero-order valence-corrected chi connectivity index (χ0v) is 39.2. The summed E-state index contributed by atoms with van der Waals surface area (Å²) in [5, 5.41) is 3.68. The van der Waals surface area contributed by atoms with Gasteiger partial charge >= 0.3 is 5.97 Å². The summed E-state index contributed by atoms with van der Waals surface area (Å²) in [6, 6.07) is 0. The van der Waals surface area contributed by atoms with Crippen LogP contribution in [0.5, 0.6) is 0 Å². The number of unbranched alkanes of at least 4 members (excludes halogenated alkanes) is 24. The Bertz CT molecular complexity index is 851. The maximum Gasteiger partial charge on any atom is 0.320 e. The smallest absolute Gasteiger partial charge is 0.320 e. The number of rotatable bonds is 45. The lowest BCUT2D eigenvalue weighted by Gasteiger charge is -2.22. The molecule has 1 fully saturated rings. The second kappa shape index (κ2) is 41.7. The Hall–Kier alpha value is -0.980. The van der Waals surface area contributed by atoms with Gasteiger partial charge < -0.3 is 10.1 Å². The molecule has 1 aliphatic rings. The maximum atomic E-state index is 13.3. The lowest BCUT2D eigenvalue weighted by molar-refractivity contribution is -0.145. The van der Waals surface area contributed by atoms with Gasteiger partial charge in [-0.1, -0.05) is 195 Å². The molecule has 6 heteroatoms. The zero-order valence-electron chi connectivity index (χ0n) is 39.2. The molecule has 57 heavy (non-hydrogen) atoms. The summed E-state index contributed by atoms with van der Waals surface area (Å²) in [4.78, 5) is 31.1. The van der Waals surface area contributed by atoms with Crippen LogP contribution in [-0.2, 0) is 14.3 Å². The number of carbonyl (C=O) groups is 2. The molecular formula is C51H101N3O3. The number of Topliss-reactive ketones (excluding diaryl/α,β-unsaturated/α-hetero) is 1. The minimum absolute atomic E-state index is 0.0323. The molecule has 1 saturated carbocycles. The predicted octanol–water partition coefficient (Wildman–Crippen LogP) is 13.9. The van der Waals surface area contributed by atoms with Gasteiger partial charge in [0.25, 0.3) is 0 Å². The van der Waals surface area contributed by atoms with E-state index in [2.05, 4.69) is 42.8 Å². The number of carbonyl (C=O) groups excluding carboxylic acids is 2. The molecule has 0 bridgehead atoms. The van der Waals surface area contributed by atoms with Crippen LogP contribution >= 0.6 is 0 Å². The van der Waals surface area contributed by atoms with Crippen molar-refractivity contribution in [2.75, 3.05) is 59.0 Å². The molecular weight excluding hydrogens is 703 g/mol. The predicted molar refractivity (Wildman–Crippen MR) is 248 cm³/mol. The molecule has 0 spiro atoms. The molecule has 0 heterocycles. The van der Waals surface area contributed by atoms with Crippen molar-refractivity contribution >= 4 is 11.8 Å². The molecule has 338 valence electrons. The van der Waals surface area contributed by atoms with Gasteiger partial charge in [-0.3, -0.25) is 19.4 Å². The standard InChI is InChI=1S/C51H101N3O3/c1-5-9-13-17-21-25-29-38-52-39-43-54(42-32-28-24-20-16-12-8-4)46-50(55)36-35-48-33-34-49(45-48)37-44-57-51(56)47-53(40-30-26-22-18-14-10-6-2)41-31-27-23-19-15-11-7-3/h48-49,52H,5-47H2,1-4H3. The number of nitrogens with zero attached hydrogens (tertiary/aromatic N) is 2. The first-order valence-electron chi connectivity index (χ1n) is 25.8. The van der Waals surface area contributed by atoms with E-state index in [1.165, 1.54) is 199 Å². The second-order valence-electron chi connectivity index (χ2n) is 18.4. The molecule has 0 aromatic rings. The fourth-order valence-electron chi connectivity index (χ4n) is 8.95. The Kier molecular flexibility index (Phi) is 39.6. The highest BCUT2D eigenvalue weighted by Gasteiger charge is 2.25. The van der Waals surface area contributed by atoms with Crippen LogP contribution in [0.3, 0.4) is 0 Å². The zero-order chi connectivity index (χ0) is 41.3. The molecule has 0 aromatic heterocycles. The van der Waals surface area contributed by atoms with Gasteiger partial charge in [0.05, 0.1) is 19.7 Å². The number of esters is 1. The van der Waals surface area contributed by atoms with Gasteiger partial charge in [0, 0.05) is 19.5 Å². The first-order valence-corrected chi connectivity index (χ1v) is 25.8. The number of hydrogen-bond acceptors (Lipinski definition) is 6. The van der Waals surface area contributed by atoms with Crippen LogP contribution in [0.4, 0.5) is 0 Å². The van der Waals surface area contributed by atoms with E-state index in [1.807, 2.05) is 0 Å². The van der Waals surface area contributed by atoms with E-state index in [4.69, 9.17) is 4.74 Å². The Morgan fingerprint density at radius 2 is 0.877 bits per heavy atom. The summed E-state index contributed by atoms with van der Waals surface area (Å²) >= 11 is 0. The van der Waals surface area contributed by atoms with E-state index in [-0.39, 0.29) is 5.97 Å². The third kappa shape index (κ3) is 35.5. The first kappa shape index (κ1) is 54.0. The Labute approximate surface area is 356 Å². The van der Waals surface area contributed by atoms with Gasteiger partial charge in [-0.2, -0.15) is 0 Å². The molecule has 1 aliphatic carbocycles. The molecule has 0 saturated heterocycles. The normalized spacial score (nSPS) is 15.7. The van der Waals surface area contributed by atoms with Crippen molar-refractivity contribution in [1.82, 2.24) is 15.1 Å². The van der Waals surface area contributed by atoms with Crippen LogP contribution in [0.25, 0.3) is 0 Å². The van der Waals surface area contributed by atoms with Crippen molar-refractivity contribution in [3.63, 3.8) is 0 Å². The van der Waals surface area contributed by atoms with Gasteiger partial charge in [-0.05, 0) is 83.0 Å². The molecule has 1 rings (SSSR count). The van der Waals surface area contributed by atoms with Crippen molar-refractivity contribution in [3.05, 3.63) is 0 Å². The molecule has 6 nitrogen and oxygen atoms in total. The lowest BCUT2D eigenvalue weighted by atomic mass is 9.97. The van der Waals surface area contributed by atoms with Crippen LogP contribution in [0.15, 0.2) is 0 Å². The van der Waals surface area contributed by atoms with Gasteiger partial charge in [0.1, 0.15) is 5.78 Å². The summed E-state index contributed by atoms with van der Waals surface area (Å²) in [5.41, 5.74) is 0. The van der Waals surface area contributed by atoms with E-state index in [0.29, 0.717) is 37.3 Å². The highest BCUT2D eigenvalue weighted by Crippen LogP contribution is 2.35. The quantitative estimate of drug-likeness (QED) is 0.0489. The number of ketones is 1. The summed E-state index contributed by atoms with van der Waals surface area (Å²) in [6.45, 7) is 16.9.